The molecule has 698 valence electrons. The number of allylic oxidation sites excluding steroid dienone is 1. The average molecular weight is 2100 g/mol. The number of benzene rings is 2. The number of anilines is 2. The Morgan fingerprint density at radius 3 is 1.49 bits per heavy atom. The fraction of sp³-hybridized carbons (Fsp3) is 0.247. The number of halogens is 10. The van der Waals surface area contributed by atoms with Gasteiger partial charge in [0.05, 0.1) is 80.9 Å². The Labute approximate surface area is 883 Å². The number of carbonyl (C=O) groups is 5. The van der Waals surface area contributed by atoms with Crippen LogP contribution in [-0.2, 0) is 46.2 Å². The molecule has 1 aliphatic carbocycles. The van der Waals surface area contributed by atoms with Crippen LogP contribution in [0.15, 0.2) is 183 Å². The summed E-state index contributed by atoms with van der Waals surface area (Å²) in [6.45, 7) is 17.2. The zero-order valence-electron chi connectivity index (χ0n) is 73.6. The number of rotatable bonds is 16. The third-order valence-electron chi connectivity index (χ3n) is 18.5. The number of hydrogen-bond acceptors (Lipinski definition) is 25. The van der Waals surface area contributed by atoms with Crippen LogP contribution in [0, 0.1) is 89.4 Å². The Bertz CT molecular complexity index is 6440. The molecule has 133 heavy (non-hydrogen) atoms. The number of esters is 2. The number of ether oxygens (including phenoxy) is 2. The topological polar surface area (TPSA) is 437 Å². The fourth-order valence-electron chi connectivity index (χ4n) is 12.1. The van der Waals surface area contributed by atoms with Crippen molar-refractivity contribution >= 4 is 148 Å². The minimum atomic E-state index is -3.22. The molecule has 16 rings (SSSR count). The number of hydrogen-bond donors (Lipinski definition) is 6. The Morgan fingerprint density at radius 2 is 1.05 bits per heavy atom. The number of nitrogens with two attached hydrogens (primary N) is 2. The van der Waals surface area contributed by atoms with Crippen LogP contribution in [0.25, 0.3) is 67.2 Å². The number of ketones is 2. The molecule has 0 radical (unpaired) electrons. The molecule has 13 heterocycles. The summed E-state index contributed by atoms with van der Waals surface area (Å²) >= 11 is 22.3. The Morgan fingerprint density at radius 1 is 0.609 bits per heavy atom. The normalized spacial score (nSPS) is 10.9. The summed E-state index contributed by atoms with van der Waals surface area (Å²) in [6, 6.07) is 23.1. The molecule has 8 N–H and O–H groups in total. The summed E-state index contributed by atoms with van der Waals surface area (Å²) in [4.78, 5) is 106. The molecular weight excluding hydrogens is 2000 g/mol. The summed E-state index contributed by atoms with van der Waals surface area (Å²) in [5.74, 6) is -5.13. The molecule has 0 saturated heterocycles. The van der Waals surface area contributed by atoms with Crippen LogP contribution in [0.5, 0.6) is 0 Å². The predicted molar refractivity (Wildman–Crippen MR) is 508 cm³/mol. The molecule has 13 aromatic heterocycles. The predicted octanol–water partition coefficient (Wildman–Crippen LogP) is 12.8. The van der Waals surface area contributed by atoms with E-state index in [9.17, 15) is 50.5 Å². The molecule has 2 aromatic carbocycles. The van der Waals surface area contributed by atoms with E-state index in [1.807, 2.05) is 63.3 Å². The van der Waals surface area contributed by atoms with Crippen molar-refractivity contribution in [1.29, 1.82) is 0 Å². The zero-order valence-corrected chi connectivity index (χ0v) is 85.0. The molecule has 0 bridgehead atoms. The van der Waals surface area contributed by atoms with Crippen molar-refractivity contribution in [2.45, 2.75) is 104 Å². The van der Waals surface area contributed by atoms with Gasteiger partial charge in [0.2, 0.25) is 0 Å². The monoisotopic (exact) mass is 2090 g/mol. The number of nitrogens with zero attached hydrogens (tertiary/aromatic N) is 14. The second kappa shape index (κ2) is 58.8. The maximum absolute atomic E-state index is 13.8. The van der Waals surface area contributed by atoms with Crippen LogP contribution in [0.1, 0.15) is 120 Å². The molecule has 2 atom stereocenters. The number of H-pyrrole nitrogens is 3. The quantitative estimate of drug-likeness (QED) is 0.00425. The molecule has 2 unspecified atom stereocenters. The summed E-state index contributed by atoms with van der Waals surface area (Å²) < 4.78 is 88.9. The van der Waals surface area contributed by atoms with E-state index in [0.29, 0.717) is 68.1 Å². The van der Waals surface area contributed by atoms with Gasteiger partial charge < -0.3 is 42.8 Å². The number of alkyl halides is 1. The third-order valence-corrected chi connectivity index (χ3v) is 19.0. The first-order chi connectivity index (χ1) is 61.0. The first-order valence-corrected chi connectivity index (χ1v) is 45.0. The van der Waals surface area contributed by atoms with Crippen LogP contribution < -0.4 is 130 Å². The van der Waals surface area contributed by atoms with Gasteiger partial charge in [-0.15, -0.1) is 0 Å². The number of methoxy groups -OCH3 is 2. The van der Waals surface area contributed by atoms with Gasteiger partial charge in [-0.1, -0.05) is 105 Å². The van der Waals surface area contributed by atoms with Crippen molar-refractivity contribution < 1.29 is 174 Å². The van der Waals surface area contributed by atoms with E-state index in [1.165, 1.54) is 109 Å². The molecule has 0 spiro atoms. The number of aromatic nitrogens is 17. The van der Waals surface area contributed by atoms with Gasteiger partial charge >= 0.3 is 120 Å². The van der Waals surface area contributed by atoms with Gasteiger partial charge in [-0.3, -0.25) is 68.4 Å². The average Bonchev–Trinajstić information content (AvgIpc) is 1.62. The summed E-state index contributed by atoms with van der Waals surface area (Å²) in [7, 11) is 2.38. The summed E-state index contributed by atoms with van der Waals surface area (Å²) in [6.07, 6.45) is 26.7. The first kappa shape index (κ1) is 120. The van der Waals surface area contributed by atoms with Crippen molar-refractivity contribution in [3.63, 3.8) is 0 Å². The molecule has 0 aliphatic heterocycles. The van der Waals surface area contributed by atoms with E-state index < -0.39 is 63.8 Å². The number of aromatic amines is 3. The van der Waals surface area contributed by atoms with Gasteiger partial charge in [0.1, 0.15) is 57.7 Å². The largest absolute Gasteiger partial charge is 1.00 e. The van der Waals surface area contributed by atoms with E-state index in [1.54, 1.807) is 48.6 Å². The minimum Gasteiger partial charge on any atom is -1.00 e. The first-order valence-electron chi connectivity index (χ1n) is 38.0. The van der Waals surface area contributed by atoms with Crippen molar-refractivity contribution in [1.82, 2.24) is 83.9 Å². The number of Topliss-reactive ketones (excluding diaryl/α,β-unsaturated/α-hetero) is 2. The molecule has 31 nitrogen and oxygen atoms in total. The number of aryl methyl sites for hydroxylation is 4. The van der Waals surface area contributed by atoms with Crippen LogP contribution in [0.2, 0.25) is 5.15 Å². The molecule has 15 aromatic rings. The Kier molecular flexibility index (Phi) is 53.0. The second-order valence-corrected chi connectivity index (χ2v) is 34.3. The van der Waals surface area contributed by atoms with E-state index in [0.717, 1.165) is 108 Å². The number of nitrogen functional groups attached to an aromatic ring is 1. The molecule has 0 amide bonds. The van der Waals surface area contributed by atoms with Crippen LogP contribution in [0.4, 0.5) is 33.6 Å². The maximum atomic E-state index is 13.8. The van der Waals surface area contributed by atoms with Gasteiger partial charge in [0, 0.05) is 128 Å². The SMILES string of the molecule is C.C.C.CI.COC(=O)C(C)C(=O)c1cncc(F)c1.COC(=O)C(C)C(=O)c1cncc(F)c1.Cc1c(-c2cncc(F)c2)nc2c(C)c[nH]n2c1=O.Cc1c(-c2cncc(F)c2)nc2c(C)cnn2c1Cl.Cc1c(-c2cncc(F)c2)nc2c(C)cnn2c1NCCC1=CCc2ccccc21.Cc1cn[nH]c1N.NCCc1c[nH]c2ccccc12.O=CO[O-].O=P(Cl)(Cl)Cl.[H-].[K+].[K+]. The third kappa shape index (κ3) is 34.5. The zero-order chi connectivity index (χ0) is 94.2. The molecule has 0 fully saturated rings. The molecule has 1 aliphatic rings. The van der Waals surface area contributed by atoms with Gasteiger partial charge in [-0.25, -0.2) is 45.9 Å². The second-order valence-electron chi connectivity index (χ2n) is 27.3. The summed E-state index contributed by atoms with van der Waals surface area (Å²) in [5.41, 5.74) is 28.7. The van der Waals surface area contributed by atoms with Gasteiger partial charge in [-0.05, 0) is 185 Å². The number of fused-ring (bicyclic) bond motifs is 5. The maximum Gasteiger partial charge on any atom is 1.00 e. The molecular formula is C89H99Cl4F5IK2N20O11P. The smallest absolute Gasteiger partial charge is 1.00 e. The fourth-order valence-corrected chi connectivity index (χ4v) is 12.4. The summed E-state index contributed by atoms with van der Waals surface area (Å²) in [5, 5.41) is 28.3. The van der Waals surface area contributed by atoms with Crippen LogP contribution >= 0.6 is 73.1 Å². The van der Waals surface area contributed by atoms with Crippen molar-refractivity contribution in [2.24, 2.45) is 17.6 Å². The number of pyridine rings is 5. The van der Waals surface area contributed by atoms with Crippen molar-refractivity contribution in [3.8, 4) is 33.8 Å². The van der Waals surface area contributed by atoms with E-state index in [4.69, 9.17) is 38.1 Å². The van der Waals surface area contributed by atoms with Gasteiger partial charge in [-0.2, -0.15) is 19.8 Å². The van der Waals surface area contributed by atoms with E-state index in [2.05, 4.69) is 190 Å². The number of carbonyl (C=O) groups excluding carboxylic acids is 5. The Hall–Kier alpha value is -9.35. The molecule has 44 heteroatoms. The van der Waals surface area contributed by atoms with E-state index >= 15 is 0 Å². The standard InChI is InChI=1S/C24H22FN5.C13H10ClFN4.C13H11FN4O.2C10H10FNO3.C10H12N2.C4H7N3.CH3I.CH2O3.3CH4.Cl3OP.2K.H/c1-15-12-28-30-23(15)29-22(19-11-20(25)14-26-13-19)16(2)24(30)27-10-9-18-8-7-17-5-3-4-6-21(17)18;1-7-4-17-19-12(14)8(2)11(18-13(7)19)9-3-10(15)6-16-5-9;1-7-4-16-18-12(7)17-11(8(2)13(18)19)9-3-10(14)6-15-5-9;2*1-6(10(14)15-2)9(13)7-3-8(11)5-12-4-7;11-6-5-8-7-12-10-4-2-1-3-9(8)10;1-3-2-6-7-4(3)5;1-2;2-1-4-3;;;;1-5(2,3)4;;;/h3-6,8,11-14,27H,7,9-10H2,1-2H3;3-6H,1-2H3;3-6,16H,1-2H3;2*3-6H,1-2H3;1-4,7,12H,5-6,11H2;2H,1H3,(H3,5,6,7);1H3;1,3H;3*1H4;;;;/q;;;;;;;;;;;;;2*+1;-1/p-1. The van der Waals surface area contributed by atoms with Crippen LogP contribution in [-0.4, -0.2) is 146 Å². The minimum absolute atomic E-state index is 0. The van der Waals surface area contributed by atoms with Crippen molar-refractivity contribution in [2.75, 3.05) is 43.3 Å². The number of nitrogens with one attached hydrogen (secondary N) is 4. The number of para-hydroxylation sites is 1. The Balaban J connectivity index is 0.000000782. The van der Waals surface area contributed by atoms with Gasteiger partial charge in [0.15, 0.2) is 28.5 Å². The van der Waals surface area contributed by atoms with Gasteiger partial charge in [0.25, 0.3) is 12.0 Å². The molecule has 0 saturated carbocycles. The van der Waals surface area contributed by atoms with Crippen molar-refractivity contribution in [3.05, 3.63) is 289 Å². The van der Waals surface area contributed by atoms with Crippen LogP contribution in [0.3, 0.4) is 0 Å². The van der Waals surface area contributed by atoms with E-state index in [-0.39, 0.29) is 155 Å².